The summed E-state index contributed by atoms with van der Waals surface area (Å²) in [6.07, 6.45) is 5.85. The third-order valence-corrected chi connectivity index (χ3v) is 3.45. The van der Waals surface area contributed by atoms with Gasteiger partial charge in [-0.1, -0.05) is 20.3 Å². The van der Waals surface area contributed by atoms with Crippen LogP contribution in [0.4, 0.5) is 0 Å². The number of hydrogen-bond acceptors (Lipinski definition) is 2. The maximum atomic E-state index is 11.4. The Balaban J connectivity index is 2.16. The summed E-state index contributed by atoms with van der Waals surface area (Å²) < 4.78 is 0. The Morgan fingerprint density at radius 2 is 2.13 bits per heavy atom. The van der Waals surface area contributed by atoms with Gasteiger partial charge in [0.25, 0.3) is 0 Å². The number of hydrogen-bond donors (Lipinski definition) is 0. The summed E-state index contributed by atoms with van der Waals surface area (Å²) in [6, 6.07) is 0.730. The number of nitrogens with zero attached hydrogens (tertiary/aromatic N) is 1. The van der Waals surface area contributed by atoms with Gasteiger partial charge in [-0.15, -0.1) is 0 Å². The second-order valence-corrected chi connectivity index (χ2v) is 5.11. The van der Waals surface area contributed by atoms with Crippen LogP contribution < -0.4 is 0 Å². The van der Waals surface area contributed by atoms with Crippen molar-refractivity contribution in [3.8, 4) is 0 Å². The molecule has 1 unspecified atom stereocenters. The zero-order valence-electron chi connectivity index (χ0n) is 10.5. The van der Waals surface area contributed by atoms with E-state index in [4.69, 9.17) is 0 Å². The Labute approximate surface area is 94.0 Å². The first-order chi connectivity index (χ1) is 7.11. The van der Waals surface area contributed by atoms with Gasteiger partial charge < -0.3 is 4.90 Å². The van der Waals surface area contributed by atoms with Gasteiger partial charge in [0.2, 0.25) is 0 Å². The lowest BCUT2D eigenvalue weighted by molar-refractivity contribution is -0.122. The van der Waals surface area contributed by atoms with Crippen molar-refractivity contribution >= 4 is 5.78 Å². The van der Waals surface area contributed by atoms with Gasteiger partial charge in [-0.05, 0) is 39.3 Å². The summed E-state index contributed by atoms with van der Waals surface area (Å²) in [4.78, 5) is 14.0. The Morgan fingerprint density at radius 1 is 1.40 bits per heavy atom. The smallest absolute Gasteiger partial charge is 0.135 e. The molecule has 1 fully saturated rings. The molecule has 0 saturated carbocycles. The fourth-order valence-corrected chi connectivity index (χ4v) is 2.23. The number of carbonyl (C=O) groups is 1. The minimum atomic E-state index is 0.212. The Kier molecular flexibility index (Phi) is 5.30. The first-order valence-corrected chi connectivity index (χ1v) is 6.38. The van der Waals surface area contributed by atoms with Crippen molar-refractivity contribution in [1.82, 2.24) is 4.90 Å². The second-order valence-electron chi connectivity index (χ2n) is 5.11. The van der Waals surface area contributed by atoms with Crippen molar-refractivity contribution in [2.75, 3.05) is 13.1 Å². The molecule has 0 aliphatic carbocycles. The summed E-state index contributed by atoms with van der Waals surface area (Å²) in [5.41, 5.74) is 0. The maximum Gasteiger partial charge on any atom is 0.135 e. The van der Waals surface area contributed by atoms with E-state index < -0.39 is 0 Å². The Morgan fingerprint density at radius 3 is 2.73 bits per heavy atom. The SMILES string of the molecule is CC(C)C(=O)CCCN1CCCCC1C. The summed E-state index contributed by atoms with van der Waals surface area (Å²) in [7, 11) is 0. The molecule has 0 N–H and O–H groups in total. The summed E-state index contributed by atoms with van der Waals surface area (Å²) in [6.45, 7) is 8.64. The largest absolute Gasteiger partial charge is 0.301 e. The average Bonchev–Trinajstić information content (AvgIpc) is 2.20. The molecule has 1 saturated heterocycles. The summed E-state index contributed by atoms with van der Waals surface area (Å²) >= 11 is 0. The van der Waals surface area contributed by atoms with Gasteiger partial charge in [0.1, 0.15) is 5.78 Å². The molecule has 0 aromatic carbocycles. The lowest BCUT2D eigenvalue weighted by Gasteiger charge is -2.33. The van der Waals surface area contributed by atoms with E-state index in [-0.39, 0.29) is 5.92 Å². The molecule has 1 aliphatic heterocycles. The molecule has 2 heteroatoms. The van der Waals surface area contributed by atoms with E-state index in [1.54, 1.807) is 0 Å². The zero-order chi connectivity index (χ0) is 11.3. The monoisotopic (exact) mass is 211 g/mol. The van der Waals surface area contributed by atoms with Crippen molar-refractivity contribution < 1.29 is 4.79 Å². The number of ketones is 1. The highest BCUT2D eigenvalue weighted by Gasteiger charge is 2.17. The molecule has 1 atom stereocenters. The zero-order valence-corrected chi connectivity index (χ0v) is 10.5. The molecule has 1 aliphatic rings. The van der Waals surface area contributed by atoms with Gasteiger partial charge in [0, 0.05) is 18.4 Å². The lowest BCUT2D eigenvalue weighted by Crippen LogP contribution is -2.38. The van der Waals surface area contributed by atoms with Gasteiger partial charge in [0.15, 0.2) is 0 Å². The van der Waals surface area contributed by atoms with E-state index in [0.29, 0.717) is 5.78 Å². The predicted molar refractivity (Wildman–Crippen MR) is 64.0 cm³/mol. The molecule has 1 rings (SSSR count). The molecule has 88 valence electrons. The Bertz CT molecular complexity index is 201. The van der Waals surface area contributed by atoms with Crippen LogP contribution in [0.2, 0.25) is 0 Å². The van der Waals surface area contributed by atoms with Crippen molar-refractivity contribution in [3.63, 3.8) is 0 Å². The van der Waals surface area contributed by atoms with E-state index in [1.807, 2.05) is 13.8 Å². The molecule has 0 aromatic rings. The first kappa shape index (κ1) is 12.7. The van der Waals surface area contributed by atoms with Crippen molar-refractivity contribution in [1.29, 1.82) is 0 Å². The van der Waals surface area contributed by atoms with Crippen LogP contribution in [0.3, 0.4) is 0 Å². The minimum absolute atomic E-state index is 0.212. The van der Waals surface area contributed by atoms with Gasteiger partial charge in [-0.2, -0.15) is 0 Å². The molecule has 2 nitrogen and oxygen atoms in total. The van der Waals surface area contributed by atoms with Crippen molar-refractivity contribution in [3.05, 3.63) is 0 Å². The minimum Gasteiger partial charge on any atom is -0.301 e. The number of Topliss-reactive ketones (excluding diaryl/α,β-unsaturated/α-hetero) is 1. The van der Waals surface area contributed by atoms with Crippen LogP contribution in [0.1, 0.15) is 52.9 Å². The summed E-state index contributed by atoms with van der Waals surface area (Å²) in [5.74, 6) is 0.628. The van der Waals surface area contributed by atoms with E-state index in [2.05, 4.69) is 11.8 Å². The quantitative estimate of drug-likeness (QED) is 0.697. The molecule has 15 heavy (non-hydrogen) atoms. The topological polar surface area (TPSA) is 20.3 Å². The van der Waals surface area contributed by atoms with Gasteiger partial charge in [0.05, 0.1) is 0 Å². The highest BCUT2D eigenvalue weighted by molar-refractivity contribution is 5.80. The molecule has 0 radical (unpaired) electrons. The van der Waals surface area contributed by atoms with Crippen molar-refractivity contribution in [2.24, 2.45) is 5.92 Å². The number of carbonyl (C=O) groups excluding carboxylic acids is 1. The van der Waals surface area contributed by atoms with Crippen LogP contribution in [0.15, 0.2) is 0 Å². The standard InChI is InChI=1S/C13H25NO/c1-11(2)13(15)8-6-10-14-9-5-4-7-12(14)3/h11-12H,4-10H2,1-3H3. The number of likely N-dealkylation sites (tertiary alicyclic amines) is 1. The summed E-state index contributed by atoms with van der Waals surface area (Å²) in [5, 5.41) is 0. The molecular formula is C13H25NO. The third-order valence-electron chi connectivity index (χ3n) is 3.45. The first-order valence-electron chi connectivity index (χ1n) is 6.38. The van der Waals surface area contributed by atoms with Gasteiger partial charge >= 0.3 is 0 Å². The van der Waals surface area contributed by atoms with E-state index in [0.717, 1.165) is 25.4 Å². The lowest BCUT2D eigenvalue weighted by atomic mass is 10.0. The van der Waals surface area contributed by atoms with Crippen LogP contribution in [0, 0.1) is 5.92 Å². The predicted octanol–water partition coefficient (Wildman–Crippen LogP) is 2.87. The van der Waals surface area contributed by atoms with E-state index in [9.17, 15) is 4.79 Å². The third kappa shape index (κ3) is 4.33. The molecule has 1 heterocycles. The van der Waals surface area contributed by atoms with Crippen LogP contribution in [-0.2, 0) is 4.79 Å². The van der Waals surface area contributed by atoms with E-state index >= 15 is 0 Å². The number of piperidine rings is 1. The fraction of sp³-hybridized carbons (Fsp3) is 0.923. The Hall–Kier alpha value is -0.370. The van der Waals surface area contributed by atoms with Crippen LogP contribution in [-0.4, -0.2) is 29.8 Å². The highest BCUT2D eigenvalue weighted by atomic mass is 16.1. The molecular weight excluding hydrogens is 186 g/mol. The molecule has 0 aromatic heterocycles. The van der Waals surface area contributed by atoms with Gasteiger partial charge in [-0.3, -0.25) is 4.79 Å². The van der Waals surface area contributed by atoms with Crippen LogP contribution in [0.25, 0.3) is 0 Å². The second kappa shape index (κ2) is 6.26. The van der Waals surface area contributed by atoms with Crippen LogP contribution >= 0.6 is 0 Å². The number of rotatable bonds is 5. The fourth-order valence-electron chi connectivity index (χ4n) is 2.23. The molecule has 0 bridgehead atoms. The highest BCUT2D eigenvalue weighted by Crippen LogP contribution is 2.17. The molecule has 0 amide bonds. The van der Waals surface area contributed by atoms with Crippen LogP contribution in [0.5, 0.6) is 0 Å². The van der Waals surface area contributed by atoms with Crippen molar-refractivity contribution in [2.45, 2.75) is 58.9 Å². The normalized spacial score (nSPS) is 23.3. The van der Waals surface area contributed by atoms with E-state index in [1.165, 1.54) is 25.8 Å². The average molecular weight is 211 g/mol. The molecule has 0 spiro atoms. The van der Waals surface area contributed by atoms with Gasteiger partial charge in [-0.25, -0.2) is 0 Å². The maximum absolute atomic E-state index is 11.4.